The number of fused-ring (bicyclic) bond motifs is 2. The molecule has 1 fully saturated rings. The van der Waals surface area contributed by atoms with Gasteiger partial charge in [0.2, 0.25) is 0 Å². The number of thiophene rings is 1. The number of hydrogen-bond acceptors (Lipinski definition) is 6. The molecule has 8 nitrogen and oxygen atoms in total. The number of benzene rings is 1. The van der Waals surface area contributed by atoms with Crippen LogP contribution in [0.5, 0.6) is 5.75 Å². The third-order valence-electron chi connectivity index (χ3n) is 5.97. The van der Waals surface area contributed by atoms with Crippen LogP contribution in [0.25, 0.3) is 10.2 Å². The minimum atomic E-state index is -0.741. The fraction of sp³-hybridized carbons (Fsp3) is 0.458. The molecule has 1 saturated heterocycles. The molecule has 2 aliphatic rings. The van der Waals surface area contributed by atoms with Gasteiger partial charge < -0.3 is 14.4 Å². The minimum Gasteiger partial charge on any atom is -0.476 e. The molecule has 3 aromatic rings. The topological polar surface area (TPSA) is 76.9 Å². The summed E-state index contributed by atoms with van der Waals surface area (Å²) in [5.74, 6) is 0.770. The van der Waals surface area contributed by atoms with Crippen molar-refractivity contribution >= 4 is 39.1 Å². The molecule has 1 aromatic carbocycles. The smallest absolute Gasteiger partial charge is 0.268 e. The van der Waals surface area contributed by atoms with Crippen molar-refractivity contribution in [3.8, 4) is 5.75 Å². The maximum atomic E-state index is 13.7. The third kappa shape index (κ3) is 4.11. The summed E-state index contributed by atoms with van der Waals surface area (Å²) in [4.78, 5) is 32.0. The Morgan fingerprint density at radius 3 is 2.73 bits per heavy atom. The van der Waals surface area contributed by atoms with Crippen molar-refractivity contribution in [2.75, 3.05) is 37.7 Å². The van der Waals surface area contributed by atoms with E-state index >= 15 is 0 Å². The number of anilines is 1. The zero-order chi connectivity index (χ0) is 23.1. The molecule has 2 aromatic heterocycles. The van der Waals surface area contributed by atoms with Crippen molar-refractivity contribution in [2.24, 2.45) is 5.92 Å². The average Bonchev–Trinajstić information content (AvgIpc) is 3.38. The number of amides is 2. The summed E-state index contributed by atoms with van der Waals surface area (Å²) in [6, 6.07) is 9.33. The standard InChI is InChI=1S/C24H28N4O4S/c1-15(2)13-28-24-17(16(3)25-28)12-21(33-24)23(30)27-14-20(22(29)26-8-10-31-11-9-26)32-19-7-5-4-6-18(19)27/h4-7,12,15,20H,8-11,13-14H2,1-3H3/t20-/m0/s1. The van der Waals surface area contributed by atoms with Crippen LogP contribution in [0.1, 0.15) is 29.2 Å². The molecule has 0 radical (unpaired) electrons. The van der Waals surface area contributed by atoms with Gasteiger partial charge in [-0.05, 0) is 31.0 Å². The number of carbonyl (C=O) groups excluding carboxylic acids is 2. The van der Waals surface area contributed by atoms with Crippen LogP contribution >= 0.6 is 11.3 Å². The molecule has 0 N–H and O–H groups in total. The van der Waals surface area contributed by atoms with Crippen molar-refractivity contribution in [1.29, 1.82) is 0 Å². The fourth-order valence-electron chi connectivity index (χ4n) is 4.36. The van der Waals surface area contributed by atoms with E-state index in [2.05, 4.69) is 18.9 Å². The summed E-state index contributed by atoms with van der Waals surface area (Å²) in [5.41, 5.74) is 1.61. The Morgan fingerprint density at radius 2 is 1.97 bits per heavy atom. The molecule has 0 aliphatic carbocycles. The molecule has 0 bridgehead atoms. The van der Waals surface area contributed by atoms with Crippen LogP contribution < -0.4 is 9.64 Å². The van der Waals surface area contributed by atoms with Gasteiger partial charge in [-0.3, -0.25) is 19.2 Å². The molecule has 2 aliphatic heterocycles. The van der Waals surface area contributed by atoms with Crippen LogP contribution in [-0.2, 0) is 16.1 Å². The van der Waals surface area contributed by atoms with Gasteiger partial charge in [0.1, 0.15) is 10.6 Å². The fourth-order valence-corrected chi connectivity index (χ4v) is 5.48. The van der Waals surface area contributed by atoms with Gasteiger partial charge >= 0.3 is 0 Å². The molecule has 9 heteroatoms. The summed E-state index contributed by atoms with van der Waals surface area (Å²) in [6.07, 6.45) is -0.741. The number of morpholine rings is 1. The number of ether oxygens (including phenoxy) is 2. The van der Waals surface area contributed by atoms with E-state index in [0.717, 1.165) is 22.5 Å². The van der Waals surface area contributed by atoms with E-state index < -0.39 is 6.10 Å². The number of para-hydroxylation sites is 2. The van der Waals surface area contributed by atoms with E-state index in [1.807, 2.05) is 41.9 Å². The van der Waals surface area contributed by atoms with Crippen LogP contribution in [0.4, 0.5) is 5.69 Å². The number of aromatic nitrogens is 2. The Labute approximate surface area is 196 Å². The van der Waals surface area contributed by atoms with Crippen LogP contribution in [-0.4, -0.2) is 65.4 Å². The van der Waals surface area contributed by atoms with E-state index in [4.69, 9.17) is 9.47 Å². The highest BCUT2D eigenvalue weighted by molar-refractivity contribution is 7.20. The highest BCUT2D eigenvalue weighted by atomic mass is 32.1. The molecule has 4 heterocycles. The Balaban J connectivity index is 1.46. The van der Waals surface area contributed by atoms with Crippen molar-refractivity contribution in [3.05, 3.63) is 40.9 Å². The summed E-state index contributed by atoms with van der Waals surface area (Å²) in [7, 11) is 0. The molecular weight excluding hydrogens is 440 g/mol. The maximum absolute atomic E-state index is 13.7. The number of hydrogen-bond donors (Lipinski definition) is 0. The van der Waals surface area contributed by atoms with Crippen molar-refractivity contribution < 1.29 is 19.1 Å². The summed E-state index contributed by atoms with van der Waals surface area (Å²) in [5, 5.41) is 5.65. The van der Waals surface area contributed by atoms with Crippen LogP contribution in [0.3, 0.4) is 0 Å². The lowest BCUT2D eigenvalue weighted by Crippen LogP contribution is -2.54. The largest absolute Gasteiger partial charge is 0.476 e. The maximum Gasteiger partial charge on any atom is 0.268 e. The molecule has 1 atom stereocenters. The second-order valence-electron chi connectivity index (χ2n) is 8.92. The minimum absolute atomic E-state index is 0.106. The van der Waals surface area contributed by atoms with E-state index in [1.54, 1.807) is 9.80 Å². The van der Waals surface area contributed by atoms with Gasteiger partial charge in [-0.25, -0.2) is 0 Å². The normalized spacial score (nSPS) is 18.5. The van der Waals surface area contributed by atoms with Crippen molar-refractivity contribution in [1.82, 2.24) is 14.7 Å². The first-order valence-corrected chi connectivity index (χ1v) is 12.1. The Kier molecular flexibility index (Phi) is 5.84. The van der Waals surface area contributed by atoms with Crippen LogP contribution in [0.15, 0.2) is 30.3 Å². The first-order chi connectivity index (χ1) is 15.9. The van der Waals surface area contributed by atoms with E-state index in [-0.39, 0.29) is 18.4 Å². The molecular formula is C24H28N4O4S. The quantitative estimate of drug-likeness (QED) is 0.587. The van der Waals surface area contributed by atoms with Gasteiger partial charge in [-0.15, -0.1) is 11.3 Å². The van der Waals surface area contributed by atoms with Crippen molar-refractivity contribution in [2.45, 2.75) is 33.4 Å². The molecule has 0 spiro atoms. The predicted molar refractivity (Wildman–Crippen MR) is 127 cm³/mol. The Bertz CT molecular complexity index is 1190. The Morgan fingerprint density at radius 1 is 1.21 bits per heavy atom. The van der Waals surface area contributed by atoms with Gasteiger partial charge in [0.25, 0.3) is 11.8 Å². The molecule has 33 heavy (non-hydrogen) atoms. The van der Waals surface area contributed by atoms with Gasteiger partial charge in [-0.1, -0.05) is 26.0 Å². The number of carbonyl (C=O) groups is 2. The lowest BCUT2D eigenvalue weighted by molar-refractivity contribution is -0.142. The predicted octanol–water partition coefficient (Wildman–Crippen LogP) is 3.33. The number of aryl methyl sites for hydroxylation is 1. The third-order valence-corrected chi connectivity index (χ3v) is 7.11. The molecule has 0 saturated carbocycles. The highest BCUT2D eigenvalue weighted by Gasteiger charge is 2.37. The average molecular weight is 469 g/mol. The molecule has 2 amide bonds. The van der Waals surface area contributed by atoms with Crippen molar-refractivity contribution in [3.63, 3.8) is 0 Å². The van der Waals surface area contributed by atoms with E-state index in [1.165, 1.54) is 11.3 Å². The summed E-state index contributed by atoms with van der Waals surface area (Å²) in [6.45, 7) is 9.37. The zero-order valence-electron chi connectivity index (χ0n) is 19.1. The Hall–Kier alpha value is -2.91. The lowest BCUT2D eigenvalue weighted by Gasteiger charge is -2.37. The first kappa shape index (κ1) is 21.9. The van der Waals surface area contributed by atoms with Gasteiger partial charge in [0, 0.05) is 25.0 Å². The highest BCUT2D eigenvalue weighted by Crippen LogP contribution is 2.37. The second kappa shape index (κ2) is 8.79. The molecule has 174 valence electrons. The monoisotopic (exact) mass is 468 g/mol. The number of nitrogens with zero attached hydrogens (tertiary/aromatic N) is 4. The molecule has 0 unspecified atom stereocenters. The second-order valence-corrected chi connectivity index (χ2v) is 9.95. The summed E-state index contributed by atoms with van der Waals surface area (Å²) < 4.78 is 13.4. The van der Waals surface area contributed by atoms with E-state index in [9.17, 15) is 9.59 Å². The SMILES string of the molecule is Cc1nn(CC(C)C)c2sc(C(=O)N3C[C@@H](C(=O)N4CCOCC4)Oc4ccccc43)cc12. The van der Waals surface area contributed by atoms with E-state index in [0.29, 0.717) is 48.5 Å². The van der Waals surface area contributed by atoms with Crippen LogP contribution in [0, 0.1) is 12.8 Å². The van der Waals surface area contributed by atoms with Gasteiger partial charge in [0.05, 0.1) is 36.0 Å². The first-order valence-electron chi connectivity index (χ1n) is 11.3. The van der Waals surface area contributed by atoms with Crippen LogP contribution in [0.2, 0.25) is 0 Å². The van der Waals surface area contributed by atoms with Gasteiger partial charge in [0.15, 0.2) is 6.10 Å². The molecule has 5 rings (SSSR count). The zero-order valence-corrected chi connectivity index (χ0v) is 19.9. The lowest BCUT2D eigenvalue weighted by atomic mass is 10.1. The van der Waals surface area contributed by atoms with Gasteiger partial charge in [-0.2, -0.15) is 5.10 Å². The number of rotatable bonds is 4. The summed E-state index contributed by atoms with van der Waals surface area (Å²) >= 11 is 1.46.